The SMILES string of the molecule is CCCCCCCCC(=O)N(CC1CCCCN1)C(C)C. The fraction of sp³-hybridized carbons (Fsp3) is 0.944. The van der Waals surface area contributed by atoms with Crippen molar-refractivity contribution in [2.24, 2.45) is 0 Å². The van der Waals surface area contributed by atoms with Gasteiger partial charge in [-0.1, -0.05) is 45.4 Å². The summed E-state index contributed by atoms with van der Waals surface area (Å²) < 4.78 is 0. The number of nitrogens with zero attached hydrogens (tertiary/aromatic N) is 1. The first kappa shape index (κ1) is 18.5. The largest absolute Gasteiger partial charge is 0.339 e. The molecule has 0 spiro atoms. The molecule has 21 heavy (non-hydrogen) atoms. The van der Waals surface area contributed by atoms with E-state index in [9.17, 15) is 4.79 Å². The Bertz CT molecular complexity index is 272. The number of hydrogen-bond acceptors (Lipinski definition) is 2. The molecule has 1 amide bonds. The molecular formula is C18H36N2O. The standard InChI is InChI=1S/C18H36N2O/c1-4-5-6-7-8-9-13-18(21)20(16(2)3)15-17-12-10-11-14-19-17/h16-17,19H,4-15H2,1-3H3. The summed E-state index contributed by atoms with van der Waals surface area (Å²) in [5, 5.41) is 3.56. The topological polar surface area (TPSA) is 32.3 Å². The van der Waals surface area contributed by atoms with Gasteiger partial charge in [-0.2, -0.15) is 0 Å². The lowest BCUT2D eigenvalue weighted by Crippen LogP contribution is -2.48. The fourth-order valence-electron chi connectivity index (χ4n) is 3.12. The molecule has 1 aliphatic heterocycles. The molecule has 1 atom stereocenters. The number of amides is 1. The smallest absolute Gasteiger partial charge is 0.222 e. The van der Waals surface area contributed by atoms with Crippen LogP contribution in [0.25, 0.3) is 0 Å². The lowest BCUT2D eigenvalue weighted by Gasteiger charge is -2.33. The quantitative estimate of drug-likeness (QED) is 0.615. The molecule has 0 aromatic rings. The van der Waals surface area contributed by atoms with Crippen LogP contribution in [0.4, 0.5) is 0 Å². The van der Waals surface area contributed by atoms with Gasteiger partial charge in [0.25, 0.3) is 0 Å². The molecule has 0 bridgehead atoms. The minimum atomic E-state index is 0.321. The van der Waals surface area contributed by atoms with E-state index in [-0.39, 0.29) is 0 Å². The van der Waals surface area contributed by atoms with Crippen LogP contribution in [0.15, 0.2) is 0 Å². The average molecular weight is 296 g/mol. The number of piperidine rings is 1. The van der Waals surface area contributed by atoms with Crippen molar-refractivity contribution in [1.82, 2.24) is 10.2 Å². The molecule has 1 unspecified atom stereocenters. The highest BCUT2D eigenvalue weighted by atomic mass is 16.2. The van der Waals surface area contributed by atoms with Crippen molar-refractivity contribution in [2.45, 2.75) is 97.1 Å². The number of nitrogens with one attached hydrogen (secondary N) is 1. The molecule has 124 valence electrons. The van der Waals surface area contributed by atoms with Gasteiger partial charge < -0.3 is 10.2 Å². The first-order valence-corrected chi connectivity index (χ1v) is 9.18. The van der Waals surface area contributed by atoms with Gasteiger partial charge in [-0.25, -0.2) is 0 Å². The van der Waals surface area contributed by atoms with E-state index in [2.05, 4.69) is 31.0 Å². The fourth-order valence-corrected chi connectivity index (χ4v) is 3.12. The zero-order valence-corrected chi connectivity index (χ0v) is 14.5. The normalized spacial score (nSPS) is 19.0. The van der Waals surface area contributed by atoms with Gasteiger partial charge in [-0.3, -0.25) is 4.79 Å². The molecule has 1 fully saturated rings. The van der Waals surface area contributed by atoms with Crippen LogP contribution in [0.1, 0.15) is 85.0 Å². The van der Waals surface area contributed by atoms with Crippen molar-refractivity contribution < 1.29 is 4.79 Å². The molecule has 1 saturated heterocycles. The number of hydrogen-bond donors (Lipinski definition) is 1. The van der Waals surface area contributed by atoms with Crippen molar-refractivity contribution in [2.75, 3.05) is 13.1 Å². The van der Waals surface area contributed by atoms with Gasteiger partial charge in [0.15, 0.2) is 0 Å². The number of rotatable bonds is 10. The molecule has 1 heterocycles. The van der Waals surface area contributed by atoms with E-state index in [1.807, 2.05) is 0 Å². The van der Waals surface area contributed by atoms with Crippen molar-refractivity contribution in [3.8, 4) is 0 Å². The summed E-state index contributed by atoms with van der Waals surface area (Å²) in [7, 11) is 0. The van der Waals surface area contributed by atoms with Crippen LogP contribution in [0, 0.1) is 0 Å². The van der Waals surface area contributed by atoms with Gasteiger partial charge in [-0.05, 0) is 39.7 Å². The van der Waals surface area contributed by atoms with E-state index in [1.54, 1.807) is 0 Å². The van der Waals surface area contributed by atoms with Crippen LogP contribution in [-0.2, 0) is 4.79 Å². The predicted molar refractivity (Wildman–Crippen MR) is 90.5 cm³/mol. The summed E-state index contributed by atoms with van der Waals surface area (Å²) in [5.41, 5.74) is 0. The zero-order valence-electron chi connectivity index (χ0n) is 14.5. The molecule has 3 heteroatoms. The lowest BCUT2D eigenvalue weighted by molar-refractivity contribution is -0.133. The first-order valence-electron chi connectivity index (χ1n) is 9.18. The molecule has 0 aliphatic carbocycles. The lowest BCUT2D eigenvalue weighted by atomic mass is 10.0. The van der Waals surface area contributed by atoms with Crippen LogP contribution >= 0.6 is 0 Å². The van der Waals surface area contributed by atoms with Crippen LogP contribution < -0.4 is 5.32 Å². The Morgan fingerprint density at radius 1 is 1.14 bits per heavy atom. The molecule has 1 N–H and O–H groups in total. The average Bonchev–Trinajstić information content (AvgIpc) is 2.49. The minimum Gasteiger partial charge on any atom is -0.339 e. The highest BCUT2D eigenvalue weighted by Crippen LogP contribution is 2.13. The third-order valence-corrected chi connectivity index (χ3v) is 4.52. The van der Waals surface area contributed by atoms with E-state index in [0.29, 0.717) is 18.0 Å². The maximum atomic E-state index is 12.4. The second kappa shape index (κ2) is 11.1. The molecule has 1 aliphatic rings. The Labute approximate surface area is 131 Å². The van der Waals surface area contributed by atoms with Crippen molar-refractivity contribution in [1.29, 1.82) is 0 Å². The summed E-state index contributed by atoms with van der Waals surface area (Å²) in [6.07, 6.45) is 12.0. The molecular weight excluding hydrogens is 260 g/mol. The Morgan fingerprint density at radius 3 is 2.48 bits per heavy atom. The summed E-state index contributed by atoms with van der Waals surface area (Å²) >= 11 is 0. The van der Waals surface area contributed by atoms with E-state index < -0.39 is 0 Å². The van der Waals surface area contributed by atoms with E-state index in [4.69, 9.17) is 0 Å². The summed E-state index contributed by atoms with van der Waals surface area (Å²) in [6.45, 7) is 8.53. The highest BCUT2D eigenvalue weighted by molar-refractivity contribution is 5.76. The van der Waals surface area contributed by atoms with Crippen molar-refractivity contribution in [3.05, 3.63) is 0 Å². The summed E-state index contributed by atoms with van der Waals surface area (Å²) in [6, 6.07) is 0.830. The zero-order chi connectivity index (χ0) is 15.5. The van der Waals surface area contributed by atoms with Crippen LogP contribution in [-0.4, -0.2) is 36.0 Å². The highest BCUT2D eigenvalue weighted by Gasteiger charge is 2.22. The van der Waals surface area contributed by atoms with E-state index in [0.717, 1.165) is 25.9 Å². The Balaban J connectivity index is 2.25. The molecule has 0 aromatic carbocycles. The van der Waals surface area contributed by atoms with Crippen molar-refractivity contribution >= 4 is 5.91 Å². The molecule has 3 nitrogen and oxygen atoms in total. The van der Waals surface area contributed by atoms with Crippen LogP contribution in [0.5, 0.6) is 0 Å². The Hall–Kier alpha value is -0.570. The third-order valence-electron chi connectivity index (χ3n) is 4.52. The first-order chi connectivity index (χ1) is 10.1. The molecule has 0 aromatic heterocycles. The van der Waals surface area contributed by atoms with Gasteiger partial charge in [0.05, 0.1) is 0 Å². The monoisotopic (exact) mass is 296 g/mol. The van der Waals surface area contributed by atoms with Gasteiger partial charge in [-0.15, -0.1) is 0 Å². The van der Waals surface area contributed by atoms with Crippen molar-refractivity contribution in [3.63, 3.8) is 0 Å². The van der Waals surface area contributed by atoms with Crippen LogP contribution in [0.3, 0.4) is 0 Å². The second-order valence-electron chi connectivity index (χ2n) is 6.80. The molecule has 0 radical (unpaired) electrons. The second-order valence-corrected chi connectivity index (χ2v) is 6.80. The van der Waals surface area contributed by atoms with E-state index in [1.165, 1.54) is 51.4 Å². The Morgan fingerprint density at radius 2 is 1.86 bits per heavy atom. The van der Waals surface area contributed by atoms with E-state index >= 15 is 0 Å². The van der Waals surface area contributed by atoms with Gasteiger partial charge in [0, 0.05) is 25.0 Å². The number of unbranched alkanes of at least 4 members (excludes halogenated alkanes) is 5. The predicted octanol–water partition coefficient (Wildman–Crippen LogP) is 4.12. The Kier molecular flexibility index (Phi) is 9.73. The van der Waals surface area contributed by atoms with Gasteiger partial charge >= 0.3 is 0 Å². The van der Waals surface area contributed by atoms with Crippen LogP contribution in [0.2, 0.25) is 0 Å². The van der Waals surface area contributed by atoms with Gasteiger partial charge in [0.2, 0.25) is 5.91 Å². The number of carbonyl (C=O) groups is 1. The maximum Gasteiger partial charge on any atom is 0.222 e. The minimum absolute atomic E-state index is 0.321. The summed E-state index contributed by atoms with van der Waals surface area (Å²) in [5.74, 6) is 0.355. The third kappa shape index (κ3) is 7.85. The molecule has 0 saturated carbocycles. The number of carbonyl (C=O) groups excluding carboxylic acids is 1. The van der Waals surface area contributed by atoms with Gasteiger partial charge in [0.1, 0.15) is 0 Å². The molecule has 1 rings (SSSR count). The maximum absolute atomic E-state index is 12.4. The summed E-state index contributed by atoms with van der Waals surface area (Å²) in [4.78, 5) is 14.5.